The van der Waals surface area contributed by atoms with Crippen LogP contribution in [0.1, 0.15) is 117 Å². The molecule has 4 aliphatic rings. The Balaban J connectivity index is 0.000000146. The third kappa shape index (κ3) is 21.2. The van der Waals surface area contributed by atoms with Gasteiger partial charge in [-0.15, -0.1) is 0 Å². The van der Waals surface area contributed by atoms with Crippen molar-refractivity contribution in [1.82, 2.24) is 60.4 Å². The minimum absolute atomic E-state index is 0.00147. The molecular weight excluding hydrogens is 1860 g/mol. The van der Waals surface area contributed by atoms with Gasteiger partial charge >= 0.3 is 0 Å². The Morgan fingerprint density at radius 3 is 0.922 bits per heavy atom. The predicted molar refractivity (Wildman–Crippen MR) is 480 cm³/mol. The summed E-state index contributed by atoms with van der Waals surface area (Å²) in [6, 6.07) is 43.8. The smallest absolute Gasteiger partial charge is 0.238 e. The van der Waals surface area contributed by atoms with Gasteiger partial charge in [-0.25, -0.2) is 63.0 Å². The standard InChI is InChI=1S/2C21H21Cl2N5O3S.2C21H21ClFN5O3S/c22-17-6-3-13(9-18(17)23)15(7-8-24)21(29)28-10-16-19(11-28)26-27-20(16)12-1-4-14(5-2-12)32(25,30)31;22-17-3-1-2-14(19(17)23)15(8-9-24)21(29)28-10-16-18(11-28)26-27-20(16)12-4-6-13(7-5-12)32(25,30)31;22-17-6-3-13(9-18(17)23)15(7-8-24)21(29)28-10-16-19(11-28)26-27-20(16)12-1-4-14(5-2-12)32(25,30)31;22-17-3-1-2-14(19(17)23)15(8-9-24)21(29)28-10-16-18(11-28)26-27-20(16)12-4-6-13(7-5-12)32(25,30)31/h1-6,9,15H,7-8,10-11,24H2,(H,26,27)(H2,25,30,31);1-7,15H,8-11,24H2,(H,26,27)(H2,25,30,31);1-6,9,15H,7-8,10-11,24H2,(H,26,27)(H2,25,30,31);1-7,15H,8-11,24H2,(H,26,27)(H2,25,30,31). The van der Waals surface area contributed by atoms with E-state index in [4.69, 9.17) is 113 Å². The zero-order valence-electron chi connectivity index (χ0n) is 67.5. The van der Waals surface area contributed by atoms with E-state index in [0.29, 0.717) is 143 Å². The third-order valence-electron chi connectivity index (χ3n) is 22.1. The highest BCUT2D eigenvalue weighted by Gasteiger charge is 2.39. The van der Waals surface area contributed by atoms with Gasteiger partial charge in [-0.05, 0) is 153 Å². The molecule has 128 heavy (non-hydrogen) atoms. The number of rotatable bonds is 24. The molecule has 672 valence electrons. The first-order valence-electron chi connectivity index (χ1n) is 39.3. The van der Waals surface area contributed by atoms with Crippen molar-refractivity contribution in [2.45, 2.75) is 121 Å². The lowest BCUT2D eigenvalue weighted by Crippen LogP contribution is -2.32. The molecule has 20 N–H and O–H groups in total. The number of nitrogens with zero attached hydrogens (tertiary/aromatic N) is 8. The Labute approximate surface area is 764 Å². The average molecular weight is 1940 g/mol. The molecule has 8 aromatic carbocycles. The highest BCUT2D eigenvalue weighted by atomic mass is 35.5. The number of aromatic nitrogens is 8. The summed E-state index contributed by atoms with van der Waals surface area (Å²) in [6.45, 7) is 3.85. The molecule has 4 atom stereocenters. The molecule has 0 spiro atoms. The van der Waals surface area contributed by atoms with E-state index in [1.807, 2.05) is 0 Å². The van der Waals surface area contributed by atoms with Crippen LogP contribution in [-0.2, 0) is 112 Å². The van der Waals surface area contributed by atoms with Gasteiger partial charge in [0.2, 0.25) is 63.7 Å². The van der Waals surface area contributed by atoms with E-state index in [9.17, 15) is 61.6 Å². The summed E-state index contributed by atoms with van der Waals surface area (Å²) in [5.74, 6) is -4.09. The Morgan fingerprint density at radius 2 is 0.617 bits per heavy atom. The average Bonchev–Trinajstić information content (AvgIpc) is 1.64. The van der Waals surface area contributed by atoms with E-state index in [-0.39, 0.29) is 84.9 Å². The molecule has 4 amide bonds. The van der Waals surface area contributed by atoms with E-state index < -0.39 is 75.4 Å². The fraction of sp³-hybridized carbons (Fsp3) is 0.238. The Hall–Kier alpha value is -10.4. The van der Waals surface area contributed by atoms with Gasteiger partial charge in [-0.2, -0.15) is 20.4 Å². The molecule has 0 saturated heterocycles. The lowest BCUT2D eigenvalue weighted by Gasteiger charge is -2.24. The molecule has 4 unspecified atom stereocenters. The van der Waals surface area contributed by atoms with Crippen molar-refractivity contribution in [3.8, 4) is 45.0 Å². The van der Waals surface area contributed by atoms with E-state index in [0.717, 1.165) is 61.7 Å². The quantitative estimate of drug-likeness (QED) is 0.0267. The first kappa shape index (κ1) is 95.2. The number of fused-ring (bicyclic) bond motifs is 4. The van der Waals surface area contributed by atoms with Crippen LogP contribution in [0, 0.1) is 11.6 Å². The molecule has 0 bridgehead atoms. The molecule has 4 aliphatic heterocycles. The molecule has 32 nitrogen and oxygen atoms in total. The number of carbonyl (C=O) groups excluding carboxylic acids is 4. The van der Waals surface area contributed by atoms with E-state index in [2.05, 4.69) is 40.8 Å². The maximum atomic E-state index is 14.6. The van der Waals surface area contributed by atoms with Crippen molar-refractivity contribution in [1.29, 1.82) is 0 Å². The molecule has 0 fully saturated rings. The number of hydrogen-bond acceptors (Lipinski definition) is 20. The normalized spacial score (nSPS) is 14.4. The molecular formula is C84H84Cl6F2N20O12S4. The van der Waals surface area contributed by atoms with Crippen LogP contribution in [-0.4, -0.2) is 144 Å². The van der Waals surface area contributed by atoms with Crippen LogP contribution >= 0.6 is 69.6 Å². The minimum Gasteiger partial charge on any atom is -0.332 e. The van der Waals surface area contributed by atoms with Gasteiger partial charge in [-0.1, -0.05) is 155 Å². The molecule has 0 saturated carbocycles. The summed E-state index contributed by atoms with van der Waals surface area (Å²) >= 11 is 36.4. The van der Waals surface area contributed by atoms with Gasteiger partial charge in [0.05, 0.1) is 171 Å². The zero-order valence-corrected chi connectivity index (χ0v) is 75.3. The van der Waals surface area contributed by atoms with Crippen LogP contribution in [0.25, 0.3) is 45.0 Å². The Kier molecular flexibility index (Phi) is 29.6. The first-order valence-corrected chi connectivity index (χ1v) is 47.7. The summed E-state index contributed by atoms with van der Waals surface area (Å²) in [5, 5.41) is 51.4. The van der Waals surface area contributed by atoms with Crippen molar-refractivity contribution in [3.63, 3.8) is 0 Å². The number of hydrogen-bond donors (Lipinski definition) is 12. The van der Waals surface area contributed by atoms with E-state index in [1.165, 1.54) is 66.7 Å². The summed E-state index contributed by atoms with van der Waals surface area (Å²) in [6.07, 6.45) is 1.55. The van der Waals surface area contributed by atoms with Gasteiger partial charge in [-0.3, -0.25) is 39.6 Å². The second-order valence-electron chi connectivity index (χ2n) is 30.3. The lowest BCUT2D eigenvalue weighted by atomic mass is 9.93. The van der Waals surface area contributed by atoms with Crippen molar-refractivity contribution in [3.05, 3.63) is 279 Å². The largest absolute Gasteiger partial charge is 0.332 e. The zero-order chi connectivity index (χ0) is 92.2. The summed E-state index contributed by atoms with van der Waals surface area (Å²) in [5.41, 5.74) is 37.2. The van der Waals surface area contributed by atoms with Gasteiger partial charge in [0.15, 0.2) is 0 Å². The summed E-state index contributed by atoms with van der Waals surface area (Å²) < 4.78 is 121. The monoisotopic (exact) mass is 1940 g/mol. The van der Waals surface area contributed by atoms with Crippen molar-refractivity contribution in [2.24, 2.45) is 43.5 Å². The fourth-order valence-electron chi connectivity index (χ4n) is 15.6. The molecule has 0 radical (unpaired) electrons. The fourth-order valence-corrected chi connectivity index (χ4v) is 18.7. The number of benzene rings is 8. The van der Waals surface area contributed by atoms with E-state index >= 15 is 0 Å². The van der Waals surface area contributed by atoms with Crippen LogP contribution < -0.4 is 43.5 Å². The highest BCUT2D eigenvalue weighted by Crippen LogP contribution is 2.42. The lowest BCUT2D eigenvalue weighted by molar-refractivity contribution is -0.134. The molecule has 16 rings (SSSR count). The molecule has 8 heterocycles. The number of carbonyl (C=O) groups is 4. The van der Waals surface area contributed by atoms with Crippen LogP contribution in [0.3, 0.4) is 0 Å². The third-order valence-corrected chi connectivity index (χ3v) is 28.0. The maximum absolute atomic E-state index is 14.6. The SMILES string of the molecule is NCCC(C(=O)N1Cc2[nH]nc(-c3ccc(S(N)(=O)=O)cc3)c2C1)c1ccc(Cl)c(Cl)c1.NCCC(C(=O)N1Cc2[nH]nc(-c3ccc(S(N)(=O)=O)cc3)c2C1)c1ccc(Cl)c(F)c1.NCCC(C(=O)N1Cc2[nH]nc(-c3ccc(S(N)(=O)=O)cc3)c2C1)c1cccc(Cl)c1Cl.NCCC(C(=O)N1Cc2[nH]nc(-c3ccc(S(N)(=O)=O)cc3)c2C1)c1cccc(Cl)c1F. The maximum Gasteiger partial charge on any atom is 0.238 e. The molecule has 0 aliphatic carbocycles. The number of amides is 4. The number of nitrogens with one attached hydrogen (secondary N) is 4. The number of nitrogens with two attached hydrogens (primary N) is 8. The topological polar surface area (TPSA) is 541 Å². The van der Waals surface area contributed by atoms with Crippen molar-refractivity contribution in [2.75, 3.05) is 26.2 Å². The van der Waals surface area contributed by atoms with Crippen molar-refractivity contribution >= 4 is 133 Å². The minimum atomic E-state index is -3.80. The first-order chi connectivity index (χ1) is 60.8. The van der Waals surface area contributed by atoms with Gasteiger partial charge in [0.1, 0.15) is 11.6 Å². The summed E-state index contributed by atoms with van der Waals surface area (Å²) in [4.78, 5) is 60.2. The number of primary sulfonamides is 4. The summed E-state index contributed by atoms with van der Waals surface area (Å²) in [7, 11) is -15.1. The Morgan fingerprint density at radius 1 is 0.336 bits per heavy atom. The van der Waals surface area contributed by atoms with Crippen LogP contribution in [0.2, 0.25) is 30.1 Å². The number of H-pyrrole nitrogens is 4. The predicted octanol–water partition coefficient (Wildman–Crippen LogP) is 11.0. The second kappa shape index (κ2) is 39.9. The molecule has 44 heteroatoms. The van der Waals surface area contributed by atoms with Gasteiger partial charge in [0.25, 0.3) is 0 Å². The van der Waals surface area contributed by atoms with Crippen LogP contribution in [0.5, 0.6) is 0 Å². The van der Waals surface area contributed by atoms with Crippen molar-refractivity contribution < 1.29 is 61.6 Å². The highest BCUT2D eigenvalue weighted by molar-refractivity contribution is 7.90. The van der Waals surface area contributed by atoms with Gasteiger partial charge in [0, 0.05) is 50.1 Å². The van der Waals surface area contributed by atoms with Gasteiger partial charge < -0.3 is 42.5 Å². The number of halogens is 8. The van der Waals surface area contributed by atoms with E-state index in [1.54, 1.807) is 123 Å². The van der Waals surface area contributed by atoms with Crippen LogP contribution in [0.15, 0.2) is 189 Å². The van der Waals surface area contributed by atoms with Crippen LogP contribution in [0.4, 0.5) is 8.78 Å². The second-order valence-corrected chi connectivity index (χ2v) is 39.0. The molecule has 4 aromatic heterocycles. The Bertz CT molecular complexity index is 6300. The number of sulfonamides is 4. The molecule has 12 aromatic rings. The number of aromatic amines is 4.